The number of alkyl halides is 2. The summed E-state index contributed by atoms with van der Waals surface area (Å²) < 4.78 is 63.5. The lowest BCUT2D eigenvalue weighted by Crippen LogP contribution is -2.38. The second-order valence-corrected chi connectivity index (χ2v) is 9.63. The number of hydrogen-bond acceptors (Lipinski definition) is 6. The lowest BCUT2D eigenvalue weighted by atomic mass is 9.75. The molecule has 172 valence electrons. The molecule has 0 atom stereocenters. The van der Waals surface area contributed by atoms with Gasteiger partial charge in [-0.2, -0.15) is 10.2 Å². The number of pyridine rings is 1. The topological polar surface area (TPSA) is 115 Å². The third-order valence-corrected chi connectivity index (χ3v) is 7.13. The lowest BCUT2D eigenvalue weighted by molar-refractivity contribution is -0.0162. The minimum absolute atomic E-state index is 0.0433. The number of nitrogens with one attached hydrogen (secondary N) is 2. The second kappa shape index (κ2) is 7.51. The van der Waals surface area contributed by atoms with E-state index in [-0.39, 0.29) is 29.2 Å². The van der Waals surface area contributed by atoms with Gasteiger partial charge in [-0.1, -0.05) is 0 Å². The molecule has 3 aromatic heterocycles. The molecule has 1 saturated carbocycles. The number of methoxy groups -OCH3 is 1. The minimum Gasteiger partial charge on any atom is -0.494 e. The molecule has 5 rings (SSSR count). The zero-order valence-electron chi connectivity index (χ0n) is 17.7. The Balaban J connectivity index is 1.63. The number of halogens is 2. The number of nitrogens with zero attached hydrogens (tertiary/aromatic N) is 4. The van der Waals surface area contributed by atoms with Gasteiger partial charge in [-0.3, -0.25) is 19.5 Å². The molecule has 0 radical (unpaired) electrons. The molecule has 2 N–H and O–H groups in total. The molecule has 1 aromatic carbocycles. The number of anilines is 1. The standard InChI is InChI=1S/C21H20F2N6O3S/c1-29-20-15(3-4-17(32-2)19(20)28-33(30,31)14-10-25-26-11-14)18(27-29)16-7-12(5-6-24-16)21(23)8-13(22)9-21/h3-7,10-11,13,28H,8-9H2,1-2H3,(H,25,26). The van der Waals surface area contributed by atoms with Crippen LogP contribution in [0.5, 0.6) is 5.75 Å². The molecule has 1 aliphatic carbocycles. The van der Waals surface area contributed by atoms with Crippen LogP contribution in [0.4, 0.5) is 14.5 Å². The zero-order chi connectivity index (χ0) is 23.4. The summed E-state index contributed by atoms with van der Waals surface area (Å²) in [7, 11) is -0.878. The van der Waals surface area contributed by atoms with Gasteiger partial charge in [0, 0.05) is 37.7 Å². The average Bonchev–Trinajstić information content (AvgIpc) is 3.42. The minimum atomic E-state index is -3.96. The molecular formula is C21H20F2N6O3S. The van der Waals surface area contributed by atoms with E-state index in [0.29, 0.717) is 27.9 Å². The third-order valence-electron chi connectivity index (χ3n) is 5.82. The molecule has 0 amide bonds. The molecule has 1 fully saturated rings. The van der Waals surface area contributed by atoms with E-state index >= 15 is 0 Å². The summed E-state index contributed by atoms with van der Waals surface area (Å²) in [6.45, 7) is 0. The average molecular weight is 474 g/mol. The maximum atomic E-state index is 15.0. The fourth-order valence-electron chi connectivity index (χ4n) is 4.11. The van der Waals surface area contributed by atoms with Crippen LogP contribution in [0.25, 0.3) is 22.3 Å². The molecule has 1 aliphatic rings. The highest BCUT2D eigenvalue weighted by molar-refractivity contribution is 7.92. The Labute approximate surface area is 187 Å². The zero-order valence-corrected chi connectivity index (χ0v) is 18.5. The molecule has 33 heavy (non-hydrogen) atoms. The Kier molecular flexibility index (Phi) is 4.85. The quantitative estimate of drug-likeness (QED) is 0.442. The number of rotatable bonds is 6. The molecule has 9 nitrogen and oxygen atoms in total. The van der Waals surface area contributed by atoms with E-state index in [1.54, 1.807) is 25.2 Å². The third kappa shape index (κ3) is 3.50. The second-order valence-electron chi connectivity index (χ2n) is 7.95. The van der Waals surface area contributed by atoms with Crippen molar-refractivity contribution in [3.8, 4) is 17.1 Å². The Morgan fingerprint density at radius 1 is 1.30 bits per heavy atom. The first-order valence-electron chi connectivity index (χ1n) is 10.1. The fourth-order valence-corrected chi connectivity index (χ4v) is 5.09. The predicted octanol–water partition coefficient (Wildman–Crippen LogP) is 3.46. The van der Waals surface area contributed by atoms with Crippen molar-refractivity contribution in [3.63, 3.8) is 0 Å². The number of H-pyrrole nitrogens is 1. The van der Waals surface area contributed by atoms with E-state index < -0.39 is 21.9 Å². The van der Waals surface area contributed by atoms with E-state index in [9.17, 15) is 17.2 Å². The predicted molar refractivity (Wildman–Crippen MR) is 117 cm³/mol. The maximum Gasteiger partial charge on any atom is 0.265 e. The highest BCUT2D eigenvalue weighted by Gasteiger charge is 2.47. The van der Waals surface area contributed by atoms with Gasteiger partial charge in [0.15, 0.2) is 0 Å². The Bertz CT molecular complexity index is 1450. The van der Waals surface area contributed by atoms with E-state index in [1.165, 1.54) is 36.4 Å². The number of aromatic amines is 1. The number of fused-ring (bicyclic) bond motifs is 1. The van der Waals surface area contributed by atoms with Crippen molar-refractivity contribution in [2.24, 2.45) is 7.05 Å². The van der Waals surface area contributed by atoms with Gasteiger partial charge in [-0.05, 0) is 29.8 Å². The van der Waals surface area contributed by atoms with Gasteiger partial charge in [-0.15, -0.1) is 0 Å². The van der Waals surface area contributed by atoms with Gasteiger partial charge < -0.3 is 4.74 Å². The van der Waals surface area contributed by atoms with Gasteiger partial charge in [0.1, 0.15) is 33.9 Å². The molecular weight excluding hydrogens is 454 g/mol. The first kappa shape index (κ1) is 21.3. The Morgan fingerprint density at radius 3 is 2.76 bits per heavy atom. The summed E-state index contributed by atoms with van der Waals surface area (Å²) in [5.74, 6) is 0.289. The largest absolute Gasteiger partial charge is 0.494 e. The van der Waals surface area contributed by atoms with Crippen molar-refractivity contribution < 1.29 is 21.9 Å². The van der Waals surface area contributed by atoms with E-state index in [1.807, 2.05) is 0 Å². The SMILES string of the molecule is COc1ccc2c(-c3cc(C4(F)CC(F)C4)ccn3)nn(C)c2c1NS(=O)(=O)c1cn[nH]c1. The molecule has 0 unspecified atom stereocenters. The number of aryl methyl sites for hydroxylation is 1. The van der Waals surface area contributed by atoms with Crippen molar-refractivity contribution in [1.82, 2.24) is 25.0 Å². The normalized spacial score (nSPS) is 20.5. The van der Waals surface area contributed by atoms with Crippen LogP contribution in [0, 0.1) is 0 Å². The van der Waals surface area contributed by atoms with Gasteiger partial charge in [0.25, 0.3) is 10.0 Å². The van der Waals surface area contributed by atoms with Crippen molar-refractivity contribution in [2.45, 2.75) is 29.6 Å². The molecule has 4 aromatic rings. The number of hydrogen-bond donors (Lipinski definition) is 2. The summed E-state index contributed by atoms with van der Waals surface area (Å²) in [6.07, 6.45) is 2.39. The fraction of sp³-hybridized carbons (Fsp3) is 0.286. The number of benzene rings is 1. The highest BCUT2D eigenvalue weighted by atomic mass is 32.2. The van der Waals surface area contributed by atoms with Crippen LogP contribution < -0.4 is 9.46 Å². The highest BCUT2D eigenvalue weighted by Crippen LogP contribution is 2.47. The van der Waals surface area contributed by atoms with Crippen LogP contribution in [0.15, 0.2) is 47.8 Å². The monoisotopic (exact) mass is 474 g/mol. The molecule has 0 bridgehead atoms. The number of aromatic nitrogens is 5. The van der Waals surface area contributed by atoms with E-state index in [4.69, 9.17) is 4.74 Å². The van der Waals surface area contributed by atoms with Crippen LogP contribution in [-0.4, -0.2) is 46.7 Å². The van der Waals surface area contributed by atoms with Crippen molar-refractivity contribution in [2.75, 3.05) is 11.8 Å². The van der Waals surface area contributed by atoms with E-state index in [0.717, 1.165) is 0 Å². The first-order valence-corrected chi connectivity index (χ1v) is 11.6. The number of sulfonamides is 1. The van der Waals surface area contributed by atoms with Crippen LogP contribution in [0.2, 0.25) is 0 Å². The lowest BCUT2D eigenvalue weighted by Gasteiger charge is -2.37. The van der Waals surface area contributed by atoms with Crippen LogP contribution >= 0.6 is 0 Å². The molecule has 0 spiro atoms. The van der Waals surface area contributed by atoms with E-state index in [2.05, 4.69) is 25.0 Å². The Hall–Kier alpha value is -3.54. The molecule has 0 saturated heterocycles. The summed E-state index contributed by atoms with van der Waals surface area (Å²) in [5.41, 5.74) is 0.0817. The summed E-state index contributed by atoms with van der Waals surface area (Å²) in [4.78, 5) is 4.29. The smallest absolute Gasteiger partial charge is 0.265 e. The van der Waals surface area contributed by atoms with Crippen molar-refractivity contribution in [3.05, 3.63) is 48.4 Å². The van der Waals surface area contributed by atoms with Crippen molar-refractivity contribution in [1.29, 1.82) is 0 Å². The van der Waals surface area contributed by atoms with Gasteiger partial charge >= 0.3 is 0 Å². The van der Waals surface area contributed by atoms with Gasteiger partial charge in [-0.25, -0.2) is 17.2 Å². The Morgan fingerprint density at radius 2 is 2.09 bits per heavy atom. The van der Waals surface area contributed by atoms with Gasteiger partial charge in [0.05, 0.1) is 24.5 Å². The summed E-state index contributed by atoms with van der Waals surface area (Å²) >= 11 is 0. The van der Waals surface area contributed by atoms with Crippen molar-refractivity contribution >= 4 is 26.6 Å². The molecule has 0 aliphatic heterocycles. The van der Waals surface area contributed by atoms with Crippen LogP contribution in [0.3, 0.4) is 0 Å². The summed E-state index contributed by atoms with van der Waals surface area (Å²) in [6, 6.07) is 6.44. The number of ether oxygens (including phenoxy) is 1. The molecule has 3 heterocycles. The first-order chi connectivity index (χ1) is 15.7. The van der Waals surface area contributed by atoms with Gasteiger partial charge in [0.2, 0.25) is 0 Å². The van der Waals surface area contributed by atoms with Crippen LogP contribution in [0.1, 0.15) is 18.4 Å². The maximum absolute atomic E-state index is 15.0. The van der Waals surface area contributed by atoms with Crippen LogP contribution in [-0.2, 0) is 22.7 Å². The summed E-state index contributed by atoms with van der Waals surface area (Å²) in [5, 5.41) is 11.3. The molecule has 12 heteroatoms.